The second-order valence-electron chi connectivity index (χ2n) is 7.02. The van der Waals surface area contributed by atoms with Gasteiger partial charge in [0.15, 0.2) is 10.6 Å². The van der Waals surface area contributed by atoms with E-state index in [0.717, 1.165) is 0 Å². The first-order valence-electron chi connectivity index (χ1n) is 7.90. The third-order valence-electron chi connectivity index (χ3n) is 4.01. The maximum absolute atomic E-state index is 12.2. The summed E-state index contributed by atoms with van der Waals surface area (Å²) in [6.07, 6.45) is 0.288. The van der Waals surface area contributed by atoms with Crippen LogP contribution in [-0.4, -0.2) is 49.4 Å². The molecule has 0 aliphatic carbocycles. The molecule has 0 amide bonds. The minimum Gasteiger partial charge on any atom is -0.459 e. The standard InChI is InChI=1S/C15H21N5O4S/c1-15(2,3)13(22)24-7-4-9(23-8(7)5-21)20-6-17-10-11(20)18-14(16)19-12(10)25/h6-9,21H,4-5H2,1-3H3,(H3,16,18,19,25)/t7-,8+,9+/m0/s1. The lowest BCUT2D eigenvalue weighted by Crippen LogP contribution is -2.34. The Morgan fingerprint density at radius 1 is 1.60 bits per heavy atom. The molecule has 136 valence electrons. The molecule has 3 atom stereocenters. The van der Waals surface area contributed by atoms with Crippen molar-refractivity contribution in [3.05, 3.63) is 11.0 Å². The summed E-state index contributed by atoms with van der Waals surface area (Å²) in [7, 11) is 0. The van der Waals surface area contributed by atoms with Crippen molar-refractivity contribution >= 4 is 35.3 Å². The molecule has 1 saturated heterocycles. The van der Waals surface area contributed by atoms with E-state index >= 15 is 0 Å². The van der Waals surface area contributed by atoms with Gasteiger partial charge in [-0.25, -0.2) is 9.97 Å². The van der Waals surface area contributed by atoms with Crippen LogP contribution in [0.15, 0.2) is 6.33 Å². The molecule has 3 rings (SSSR count). The van der Waals surface area contributed by atoms with Crippen molar-refractivity contribution in [1.82, 2.24) is 19.5 Å². The Morgan fingerprint density at radius 2 is 2.32 bits per heavy atom. The Hall–Kier alpha value is -2.04. The van der Waals surface area contributed by atoms with Crippen molar-refractivity contribution in [2.45, 2.75) is 45.6 Å². The van der Waals surface area contributed by atoms with Gasteiger partial charge in [-0.05, 0) is 20.8 Å². The molecular weight excluding hydrogens is 346 g/mol. The van der Waals surface area contributed by atoms with E-state index in [2.05, 4.69) is 15.0 Å². The summed E-state index contributed by atoms with van der Waals surface area (Å²) >= 11 is 5.16. The number of carbonyl (C=O) groups excluding carboxylic acids is 1. The van der Waals surface area contributed by atoms with E-state index < -0.39 is 23.9 Å². The summed E-state index contributed by atoms with van der Waals surface area (Å²) in [5, 5.41) is 9.57. The summed E-state index contributed by atoms with van der Waals surface area (Å²) in [6, 6.07) is 0. The van der Waals surface area contributed by atoms with Gasteiger partial charge in [-0.1, -0.05) is 12.2 Å². The normalized spacial score (nSPS) is 23.9. The van der Waals surface area contributed by atoms with E-state index in [4.69, 9.17) is 27.4 Å². The van der Waals surface area contributed by atoms with E-state index in [9.17, 15) is 9.90 Å². The van der Waals surface area contributed by atoms with Crippen LogP contribution in [0.1, 0.15) is 33.4 Å². The number of hydrogen-bond donors (Lipinski definition) is 3. The number of nitrogens with zero attached hydrogens (tertiary/aromatic N) is 3. The number of nitrogens with two attached hydrogens (primary N) is 1. The minimum absolute atomic E-state index is 0.173. The highest BCUT2D eigenvalue weighted by molar-refractivity contribution is 7.71. The second kappa shape index (κ2) is 6.36. The predicted molar refractivity (Wildman–Crippen MR) is 92.1 cm³/mol. The Kier molecular flexibility index (Phi) is 4.52. The maximum atomic E-state index is 12.2. The van der Waals surface area contributed by atoms with Crippen LogP contribution in [0.4, 0.5) is 5.95 Å². The van der Waals surface area contributed by atoms with E-state index in [-0.39, 0.29) is 23.2 Å². The number of ether oxygens (including phenoxy) is 2. The Morgan fingerprint density at radius 3 is 2.96 bits per heavy atom. The summed E-state index contributed by atoms with van der Waals surface area (Å²) in [5.74, 6) is -0.171. The molecule has 25 heavy (non-hydrogen) atoms. The van der Waals surface area contributed by atoms with Crippen LogP contribution in [0.25, 0.3) is 11.2 Å². The molecule has 3 heterocycles. The number of aliphatic hydroxyl groups excluding tert-OH is 1. The maximum Gasteiger partial charge on any atom is 0.311 e. The Labute approximate surface area is 149 Å². The molecule has 0 saturated carbocycles. The molecule has 1 fully saturated rings. The number of carbonyl (C=O) groups is 1. The fraction of sp³-hybridized carbons (Fsp3) is 0.600. The molecule has 0 aromatic carbocycles. The van der Waals surface area contributed by atoms with Crippen LogP contribution in [0.3, 0.4) is 0 Å². The summed E-state index contributed by atoms with van der Waals surface area (Å²) < 4.78 is 13.4. The number of fused-ring (bicyclic) bond motifs is 1. The molecule has 4 N–H and O–H groups in total. The molecule has 0 unspecified atom stereocenters. The van der Waals surface area contributed by atoms with Gasteiger partial charge >= 0.3 is 5.97 Å². The van der Waals surface area contributed by atoms with E-state index in [1.807, 2.05) is 0 Å². The van der Waals surface area contributed by atoms with Crippen LogP contribution in [-0.2, 0) is 14.3 Å². The van der Waals surface area contributed by atoms with Crippen molar-refractivity contribution in [1.29, 1.82) is 0 Å². The number of nitrogen functional groups attached to an aromatic ring is 1. The average molecular weight is 367 g/mol. The van der Waals surface area contributed by atoms with Gasteiger partial charge in [-0.15, -0.1) is 0 Å². The summed E-state index contributed by atoms with van der Waals surface area (Å²) in [5.41, 5.74) is 6.16. The molecule has 1 aliphatic rings. The third kappa shape index (κ3) is 3.37. The number of hydrogen-bond acceptors (Lipinski definition) is 8. The number of aliphatic hydroxyl groups is 1. The second-order valence-corrected chi connectivity index (χ2v) is 7.40. The highest BCUT2D eigenvalue weighted by Gasteiger charge is 2.40. The van der Waals surface area contributed by atoms with Crippen LogP contribution in [0.2, 0.25) is 0 Å². The number of anilines is 1. The molecule has 0 bridgehead atoms. The zero-order valence-electron chi connectivity index (χ0n) is 14.2. The zero-order chi connectivity index (χ0) is 18.4. The van der Waals surface area contributed by atoms with Crippen molar-refractivity contribution in [2.75, 3.05) is 12.3 Å². The first-order valence-corrected chi connectivity index (χ1v) is 8.31. The topological polar surface area (TPSA) is 128 Å². The number of nitrogens with one attached hydrogen (secondary N) is 1. The van der Waals surface area contributed by atoms with Crippen molar-refractivity contribution < 1.29 is 19.4 Å². The zero-order valence-corrected chi connectivity index (χ0v) is 15.0. The van der Waals surface area contributed by atoms with Crippen LogP contribution >= 0.6 is 12.2 Å². The van der Waals surface area contributed by atoms with Crippen molar-refractivity contribution in [2.24, 2.45) is 5.41 Å². The number of imidazole rings is 1. The number of esters is 1. The van der Waals surface area contributed by atoms with Gasteiger partial charge in [0.1, 0.15) is 29.6 Å². The summed E-state index contributed by atoms with van der Waals surface area (Å²) in [4.78, 5) is 23.3. The highest BCUT2D eigenvalue weighted by atomic mass is 32.1. The fourth-order valence-corrected chi connectivity index (χ4v) is 2.89. The molecule has 0 radical (unpaired) electrons. The van der Waals surface area contributed by atoms with Gasteiger partial charge in [0.25, 0.3) is 0 Å². The first kappa shape index (κ1) is 17.8. The molecular formula is C15H21N5O4S. The Balaban J connectivity index is 1.88. The van der Waals surface area contributed by atoms with Gasteiger partial charge in [0, 0.05) is 6.42 Å². The van der Waals surface area contributed by atoms with Crippen molar-refractivity contribution in [3.8, 4) is 0 Å². The molecule has 2 aromatic heterocycles. The van der Waals surface area contributed by atoms with Crippen LogP contribution < -0.4 is 5.73 Å². The SMILES string of the molecule is CC(C)(C)C(=O)O[C@H]1C[C@H](n2cnc3c(=S)nc(N)[nH]c32)O[C@@H]1CO. The van der Waals surface area contributed by atoms with Gasteiger partial charge in [-0.3, -0.25) is 9.36 Å². The molecule has 10 heteroatoms. The minimum atomic E-state index is -0.634. The van der Waals surface area contributed by atoms with Gasteiger partial charge in [0.2, 0.25) is 0 Å². The number of rotatable bonds is 3. The van der Waals surface area contributed by atoms with E-state index in [1.54, 1.807) is 31.7 Å². The third-order valence-corrected chi connectivity index (χ3v) is 4.29. The van der Waals surface area contributed by atoms with Crippen LogP contribution in [0, 0.1) is 10.1 Å². The van der Waals surface area contributed by atoms with Gasteiger partial charge in [-0.2, -0.15) is 0 Å². The number of aromatic nitrogens is 4. The lowest BCUT2D eigenvalue weighted by atomic mass is 9.97. The van der Waals surface area contributed by atoms with Crippen LogP contribution in [0.5, 0.6) is 0 Å². The molecule has 9 nitrogen and oxygen atoms in total. The van der Waals surface area contributed by atoms with E-state index in [0.29, 0.717) is 17.6 Å². The Bertz CT molecular complexity index is 856. The summed E-state index contributed by atoms with van der Waals surface area (Å²) in [6.45, 7) is 5.06. The van der Waals surface area contributed by atoms with Crippen molar-refractivity contribution in [3.63, 3.8) is 0 Å². The predicted octanol–water partition coefficient (Wildman–Crippen LogP) is 1.31. The number of H-pyrrole nitrogens is 1. The average Bonchev–Trinajstić information content (AvgIpc) is 3.09. The monoisotopic (exact) mass is 367 g/mol. The largest absolute Gasteiger partial charge is 0.459 e. The highest BCUT2D eigenvalue weighted by Crippen LogP contribution is 2.33. The molecule has 0 spiro atoms. The first-order chi connectivity index (χ1) is 11.7. The number of aromatic amines is 1. The quantitative estimate of drug-likeness (QED) is 0.547. The van der Waals surface area contributed by atoms with Gasteiger partial charge in [0.05, 0.1) is 18.3 Å². The fourth-order valence-electron chi connectivity index (χ4n) is 2.64. The smallest absolute Gasteiger partial charge is 0.311 e. The van der Waals surface area contributed by atoms with E-state index in [1.165, 1.54) is 0 Å². The lowest BCUT2D eigenvalue weighted by Gasteiger charge is -2.22. The molecule has 2 aromatic rings. The lowest BCUT2D eigenvalue weighted by molar-refractivity contribution is -0.162. The molecule has 1 aliphatic heterocycles. The van der Waals surface area contributed by atoms with Gasteiger partial charge < -0.3 is 25.3 Å².